The number of aromatic nitrogens is 4. The van der Waals surface area contributed by atoms with Gasteiger partial charge in [0.1, 0.15) is 0 Å². The van der Waals surface area contributed by atoms with E-state index < -0.39 is 0 Å². The summed E-state index contributed by atoms with van der Waals surface area (Å²) in [5, 5.41) is 8.05. The maximum Gasteiger partial charge on any atom is 0.255 e. The van der Waals surface area contributed by atoms with Gasteiger partial charge in [-0.2, -0.15) is 5.10 Å². The van der Waals surface area contributed by atoms with Gasteiger partial charge >= 0.3 is 0 Å². The number of fused-ring (bicyclic) bond motifs is 1. The highest BCUT2D eigenvalue weighted by atomic mass is 16.1. The van der Waals surface area contributed by atoms with Gasteiger partial charge in [0.25, 0.3) is 5.91 Å². The molecule has 0 aliphatic rings. The Hall–Kier alpha value is -2.76. The number of pyridine rings is 2. The minimum absolute atomic E-state index is 0.185. The fourth-order valence-corrected chi connectivity index (χ4v) is 2.08. The van der Waals surface area contributed by atoms with E-state index in [0.29, 0.717) is 11.3 Å². The van der Waals surface area contributed by atoms with Crippen molar-refractivity contribution in [2.75, 3.05) is 5.32 Å². The van der Waals surface area contributed by atoms with Gasteiger partial charge < -0.3 is 5.32 Å². The Labute approximate surface area is 115 Å². The lowest BCUT2D eigenvalue weighted by molar-refractivity contribution is 0.102. The van der Waals surface area contributed by atoms with Gasteiger partial charge in [0, 0.05) is 30.4 Å². The molecule has 6 heteroatoms. The van der Waals surface area contributed by atoms with E-state index in [1.54, 1.807) is 35.4 Å². The highest BCUT2D eigenvalue weighted by Gasteiger charge is 2.09. The smallest absolute Gasteiger partial charge is 0.255 e. The van der Waals surface area contributed by atoms with Crippen molar-refractivity contribution in [1.82, 2.24) is 19.7 Å². The normalized spacial score (nSPS) is 10.7. The first-order chi connectivity index (χ1) is 9.65. The zero-order chi connectivity index (χ0) is 14.1. The maximum absolute atomic E-state index is 12.1. The van der Waals surface area contributed by atoms with E-state index >= 15 is 0 Å². The Kier molecular flexibility index (Phi) is 2.90. The number of amides is 1. The number of rotatable bonds is 2. The van der Waals surface area contributed by atoms with Crippen molar-refractivity contribution in [3.8, 4) is 0 Å². The molecule has 3 aromatic rings. The SMILES string of the molecule is Cc1nn(C)c2ncc(NC(=O)c3ccncc3)cc12. The third-order valence-corrected chi connectivity index (χ3v) is 3.06. The van der Waals surface area contributed by atoms with Gasteiger partial charge in [0.2, 0.25) is 0 Å². The first-order valence-corrected chi connectivity index (χ1v) is 6.16. The van der Waals surface area contributed by atoms with E-state index in [1.807, 2.05) is 20.0 Å². The molecular formula is C14H13N5O. The number of nitrogens with one attached hydrogen (secondary N) is 1. The van der Waals surface area contributed by atoms with E-state index in [9.17, 15) is 4.79 Å². The van der Waals surface area contributed by atoms with Gasteiger partial charge in [-0.25, -0.2) is 4.98 Å². The van der Waals surface area contributed by atoms with Gasteiger partial charge in [0.05, 0.1) is 17.6 Å². The average Bonchev–Trinajstić information content (AvgIpc) is 2.75. The summed E-state index contributed by atoms with van der Waals surface area (Å²) in [7, 11) is 1.84. The average molecular weight is 267 g/mol. The molecule has 0 aliphatic heterocycles. The minimum Gasteiger partial charge on any atom is -0.321 e. The predicted molar refractivity (Wildman–Crippen MR) is 75.4 cm³/mol. The number of carbonyl (C=O) groups excluding carboxylic acids is 1. The monoisotopic (exact) mass is 267 g/mol. The van der Waals surface area contributed by atoms with Crippen LogP contribution in [-0.2, 0) is 7.05 Å². The van der Waals surface area contributed by atoms with Crippen LogP contribution in [0.5, 0.6) is 0 Å². The number of anilines is 1. The summed E-state index contributed by atoms with van der Waals surface area (Å²) in [5.74, 6) is -0.185. The fraction of sp³-hybridized carbons (Fsp3) is 0.143. The molecule has 0 atom stereocenters. The van der Waals surface area contributed by atoms with Crippen molar-refractivity contribution in [3.63, 3.8) is 0 Å². The second-order valence-electron chi connectivity index (χ2n) is 4.49. The Balaban J connectivity index is 1.92. The quantitative estimate of drug-likeness (QED) is 0.770. The van der Waals surface area contributed by atoms with Crippen LogP contribution in [0.4, 0.5) is 5.69 Å². The number of carbonyl (C=O) groups is 1. The Bertz CT molecular complexity index is 779. The highest BCUT2D eigenvalue weighted by molar-refractivity contribution is 6.04. The molecule has 0 radical (unpaired) electrons. The lowest BCUT2D eigenvalue weighted by atomic mass is 10.2. The molecule has 1 N–H and O–H groups in total. The summed E-state index contributed by atoms with van der Waals surface area (Å²) in [6.07, 6.45) is 4.80. The molecule has 100 valence electrons. The molecule has 3 aromatic heterocycles. The van der Waals surface area contributed by atoms with Crippen molar-refractivity contribution >= 4 is 22.6 Å². The first kappa shape index (κ1) is 12.3. The molecule has 0 unspecified atom stereocenters. The summed E-state index contributed by atoms with van der Waals surface area (Å²) in [6.45, 7) is 1.92. The lowest BCUT2D eigenvalue weighted by Gasteiger charge is -2.05. The predicted octanol–water partition coefficient (Wildman–Crippen LogP) is 1.92. The molecular weight excluding hydrogens is 254 g/mol. The van der Waals surface area contributed by atoms with Gasteiger partial charge in [-0.1, -0.05) is 0 Å². The Morgan fingerprint density at radius 2 is 2.05 bits per heavy atom. The van der Waals surface area contributed by atoms with Crippen molar-refractivity contribution in [3.05, 3.63) is 48.0 Å². The molecule has 0 saturated carbocycles. The van der Waals surface area contributed by atoms with Gasteiger partial charge in [-0.15, -0.1) is 0 Å². The summed E-state index contributed by atoms with van der Waals surface area (Å²) in [4.78, 5) is 20.3. The summed E-state index contributed by atoms with van der Waals surface area (Å²) in [6, 6.07) is 5.21. The molecule has 0 fully saturated rings. The van der Waals surface area contributed by atoms with Crippen LogP contribution in [-0.4, -0.2) is 25.7 Å². The molecule has 20 heavy (non-hydrogen) atoms. The Morgan fingerprint density at radius 1 is 1.30 bits per heavy atom. The third-order valence-electron chi connectivity index (χ3n) is 3.06. The fourth-order valence-electron chi connectivity index (χ4n) is 2.08. The van der Waals surface area contributed by atoms with Crippen LogP contribution in [0.1, 0.15) is 16.1 Å². The standard InChI is InChI=1S/C14H13N5O/c1-9-12-7-11(8-16-13(12)19(2)18-9)17-14(20)10-3-5-15-6-4-10/h3-8H,1-2H3,(H,17,20). The van der Waals surface area contributed by atoms with Crippen LogP contribution in [0.2, 0.25) is 0 Å². The van der Waals surface area contributed by atoms with Crippen LogP contribution in [0.25, 0.3) is 11.0 Å². The number of hydrogen-bond donors (Lipinski definition) is 1. The zero-order valence-electron chi connectivity index (χ0n) is 11.2. The zero-order valence-corrected chi connectivity index (χ0v) is 11.2. The molecule has 0 saturated heterocycles. The number of aryl methyl sites for hydroxylation is 2. The molecule has 0 bridgehead atoms. The summed E-state index contributed by atoms with van der Waals surface area (Å²) in [5.41, 5.74) is 2.89. The first-order valence-electron chi connectivity index (χ1n) is 6.16. The Morgan fingerprint density at radius 3 is 2.80 bits per heavy atom. The van der Waals surface area contributed by atoms with Crippen molar-refractivity contribution in [2.24, 2.45) is 7.05 Å². The summed E-state index contributed by atoms with van der Waals surface area (Å²) < 4.78 is 1.72. The van der Waals surface area contributed by atoms with Crippen molar-refractivity contribution < 1.29 is 4.79 Å². The van der Waals surface area contributed by atoms with E-state index in [0.717, 1.165) is 16.7 Å². The van der Waals surface area contributed by atoms with Gasteiger partial charge in [0.15, 0.2) is 5.65 Å². The molecule has 3 heterocycles. The highest BCUT2D eigenvalue weighted by Crippen LogP contribution is 2.19. The molecule has 6 nitrogen and oxygen atoms in total. The molecule has 3 rings (SSSR count). The second-order valence-corrected chi connectivity index (χ2v) is 4.49. The number of nitrogens with zero attached hydrogens (tertiary/aromatic N) is 4. The maximum atomic E-state index is 12.1. The second kappa shape index (κ2) is 4.73. The van der Waals surface area contributed by atoms with Crippen LogP contribution < -0.4 is 5.32 Å². The third kappa shape index (κ3) is 2.11. The number of hydrogen-bond acceptors (Lipinski definition) is 4. The largest absolute Gasteiger partial charge is 0.321 e. The minimum atomic E-state index is -0.185. The van der Waals surface area contributed by atoms with Gasteiger partial charge in [-0.05, 0) is 25.1 Å². The van der Waals surface area contributed by atoms with Crippen LogP contribution in [0, 0.1) is 6.92 Å². The van der Waals surface area contributed by atoms with Gasteiger partial charge in [-0.3, -0.25) is 14.5 Å². The van der Waals surface area contributed by atoms with E-state index in [-0.39, 0.29) is 5.91 Å². The lowest BCUT2D eigenvalue weighted by Crippen LogP contribution is -2.12. The van der Waals surface area contributed by atoms with E-state index in [1.165, 1.54) is 0 Å². The molecule has 0 aliphatic carbocycles. The topological polar surface area (TPSA) is 72.7 Å². The van der Waals surface area contributed by atoms with Crippen LogP contribution in [0.15, 0.2) is 36.8 Å². The van der Waals surface area contributed by atoms with E-state index in [4.69, 9.17) is 0 Å². The van der Waals surface area contributed by atoms with Crippen LogP contribution >= 0.6 is 0 Å². The van der Waals surface area contributed by atoms with E-state index in [2.05, 4.69) is 20.4 Å². The molecule has 0 spiro atoms. The molecule has 0 aromatic carbocycles. The molecule has 1 amide bonds. The summed E-state index contributed by atoms with van der Waals surface area (Å²) >= 11 is 0. The van der Waals surface area contributed by atoms with Crippen molar-refractivity contribution in [2.45, 2.75) is 6.92 Å². The van der Waals surface area contributed by atoms with Crippen LogP contribution in [0.3, 0.4) is 0 Å². The van der Waals surface area contributed by atoms with Crippen molar-refractivity contribution in [1.29, 1.82) is 0 Å².